The highest BCUT2D eigenvalue weighted by molar-refractivity contribution is 5.79. The lowest BCUT2D eigenvalue weighted by Gasteiger charge is -2.39. The summed E-state index contributed by atoms with van der Waals surface area (Å²) in [6.45, 7) is 1.05. The molecule has 34 heavy (non-hydrogen) atoms. The molecule has 2 aromatic carbocycles. The molecule has 0 atom stereocenters. The van der Waals surface area contributed by atoms with Gasteiger partial charge in [0.1, 0.15) is 6.61 Å². The summed E-state index contributed by atoms with van der Waals surface area (Å²) in [4.78, 5) is 36.8. The van der Waals surface area contributed by atoms with Crippen molar-refractivity contribution in [1.29, 1.82) is 0 Å². The molecule has 0 bridgehead atoms. The number of alkyl carbamates (subject to hydrolysis) is 1. The summed E-state index contributed by atoms with van der Waals surface area (Å²) in [5, 5.41) is 11.6. The second kappa shape index (κ2) is 10.7. The lowest BCUT2D eigenvalue weighted by atomic mass is 9.79. The number of nitrogens with zero attached hydrogens (tertiary/aromatic N) is 1. The van der Waals surface area contributed by atoms with Gasteiger partial charge in [0.25, 0.3) is 0 Å². The molecule has 0 aromatic heterocycles. The van der Waals surface area contributed by atoms with E-state index in [-0.39, 0.29) is 56.6 Å². The molecule has 0 unspecified atom stereocenters. The van der Waals surface area contributed by atoms with Gasteiger partial charge in [0.2, 0.25) is 5.91 Å². The van der Waals surface area contributed by atoms with Crippen LogP contribution in [0, 0.1) is 5.92 Å². The van der Waals surface area contributed by atoms with Crippen LogP contribution < -0.4 is 5.32 Å². The van der Waals surface area contributed by atoms with E-state index in [0.29, 0.717) is 12.8 Å². The van der Waals surface area contributed by atoms with Crippen molar-refractivity contribution in [3.8, 4) is 11.1 Å². The highest BCUT2D eigenvalue weighted by Crippen LogP contribution is 2.44. The SMILES string of the molecule is CN(C(=O)CCOCCNC(=O)OCC1c2ccccc2-c2ccccc21)C1CC(C(=O)O)C1. The molecule has 2 aromatic rings. The average Bonchev–Trinajstić information content (AvgIpc) is 3.12. The van der Waals surface area contributed by atoms with Crippen LogP contribution in [-0.4, -0.2) is 67.4 Å². The molecule has 8 heteroatoms. The monoisotopic (exact) mass is 466 g/mol. The van der Waals surface area contributed by atoms with Crippen molar-refractivity contribution in [2.75, 3.05) is 33.4 Å². The van der Waals surface area contributed by atoms with Crippen LogP contribution in [0.2, 0.25) is 0 Å². The topological polar surface area (TPSA) is 105 Å². The highest BCUT2D eigenvalue weighted by atomic mass is 16.5. The van der Waals surface area contributed by atoms with Gasteiger partial charge in [0.15, 0.2) is 0 Å². The predicted octanol–water partition coefficient (Wildman–Crippen LogP) is 3.25. The van der Waals surface area contributed by atoms with Gasteiger partial charge in [-0.15, -0.1) is 0 Å². The first-order valence-corrected chi connectivity index (χ1v) is 11.6. The van der Waals surface area contributed by atoms with Crippen molar-refractivity contribution in [3.05, 3.63) is 59.7 Å². The maximum Gasteiger partial charge on any atom is 0.407 e. The van der Waals surface area contributed by atoms with Gasteiger partial charge in [-0.05, 0) is 35.1 Å². The van der Waals surface area contributed by atoms with Crippen LogP contribution in [0.5, 0.6) is 0 Å². The Hall–Kier alpha value is -3.39. The maximum atomic E-state index is 12.2. The molecule has 2 aliphatic carbocycles. The van der Waals surface area contributed by atoms with Gasteiger partial charge in [-0.3, -0.25) is 9.59 Å². The third-order valence-corrected chi connectivity index (χ3v) is 6.72. The van der Waals surface area contributed by atoms with Crippen LogP contribution in [0.3, 0.4) is 0 Å². The van der Waals surface area contributed by atoms with Crippen molar-refractivity contribution >= 4 is 18.0 Å². The number of aliphatic carboxylic acids is 1. The van der Waals surface area contributed by atoms with Crippen LogP contribution in [0.1, 0.15) is 36.3 Å². The highest BCUT2D eigenvalue weighted by Gasteiger charge is 2.38. The molecule has 2 amide bonds. The van der Waals surface area contributed by atoms with Gasteiger partial charge in [0.05, 0.1) is 25.6 Å². The Bertz CT molecular complexity index is 1000. The van der Waals surface area contributed by atoms with Crippen LogP contribution in [0.25, 0.3) is 11.1 Å². The lowest BCUT2D eigenvalue weighted by molar-refractivity contribution is -0.150. The number of carbonyl (C=O) groups excluding carboxylic acids is 2. The first-order valence-electron chi connectivity index (χ1n) is 11.6. The van der Waals surface area contributed by atoms with Gasteiger partial charge in [-0.1, -0.05) is 48.5 Å². The summed E-state index contributed by atoms with van der Waals surface area (Å²) in [5.74, 6) is -1.21. The summed E-state index contributed by atoms with van der Waals surface area (Å²) < 4.78 is 10.9. The summed E-state index contributed by atoms with van der Waals surface area (Å²) in [6, 6.07) is 16.3. The third-order valence-electron chi connectivity index (χ3n) is 6.72. The maximum absolute atomic E-state index is 12.2. The molecule has 0 radical (unpaired) electrons. The zero-order valence-corrected chi connectivity index (χ0v) is 19.2. The van der Waals surface area contributed by atoms with Gasteiger partial charge in [-0.2, -0.15) is 0 Å². The van der Waals surface area contributed by atoms with E-state index in [1.165, 1.54) is 11.1 Å². The van der Waals surface area contributed by atoms with E-state index in [1.54, 1.807) is 11.9 Å². The first-order chi connectivity index (χ1) is 16.5. The van der Waals surface area contributed by atoms with E-state index < -0.39 is 12.1 Å². The fourth-order valence-corrected chi connectivity index (χ4v) is 4.62. The normalized spacial score (nSPS) is 18.4. The molecule has 4 rings (SSSR count). The van der Waals surface area contributed by atoms with Crippen molar-refractivity contribution < 1.29 is 29.0 Å². The Balaban J connectivity index is 1.11. The van der Waals surface area contributed by atoms with Crippen molar-refractivity contribution in [3.63, 3.8) is 0 Å². The summed E-state index contributed by atoms with van der Waals surface area (Å²) in [7, 11) is 1.70. The number of benzene rings is 2. The van der Waals surface area contributed by atoms with Crippen molar-refractivity contribution in [1.82, 2.24) is 10.2 Å². The third kappa shape index (κ3) is 5.22. The number of carboxylic acid groups (broad SMARTS) is 1. The standard InChI is InChI=1S/C26H30N2O6/c1-28(18-14-17(15-18)25(30)31)24(29)10-12-33-13-11-27-26(32)34-16-23-21-8-4-2-6-19(21)20-7-3-5-9-22(20)23/h2-9,17-18,23H,10-16H2,1H3,(H,27,32)(H,30,31). The number of rotatable bonds is 10. The molecule has 8 nitrogen and oxygen atoms in total. The Kier molecular flexibility index (Phi) is 7.47. The van der Waals surface area contributed by atoms with E-state index >= 15 is 0 Å². The zero-order chi connectivity index (χ0) is 24.1. The van der Waals surface area contributed by atoms with Crippen LogP contribution >= 0.6 is 0 Å². The molecule has 0 saturated heterocycles. The molecule has 1 fully saturated rings. The molecule has 2 aliphatic rings. The molecule has 0 aliphatic heterocycles. The number of fused-ring (bicyclic) bond motifs is 3. The van der Waals surface area contributed by atoms with Crippen LogP contribution in [0.15, 0.2) is 48.5 Å². The van der Waals surface area contributed by atoms with E-state index in [0.717, 1.165) is 11.1 Å². The zero-order valence-electron chi connectivity index (χ0n) is 19.2. The van der Waals surface area contributed by atoms with Crippen LogP contribution in [-0.2, 0) is 19.1 Å². The minimum absolute atomic E-state index is 0.0103. The predicted molar refractivity (Wildman–Crippen MR) is 125 cm³/mol. The number of carbonyl (C=O) groups is 3. The first kappa shape index (κ1) is 23.8. The van der Waals surface area contributed by atoms with Gasteiger partial charge >= 0.3 is 12.1 Å². The van der Waals surface area contributed by atoms with Crippen LogP contribution in [0.4, 0.5) is 4.79 Å². The largest absolute Gasteiger partial charge is 0.481 e. The van der Waals surface area contributed by atoms with E-state index in [1.807, 2.05) is 24.3 Å². The van der Waals surface area contributed by atoms with E-state index in [2.05, 4.69) is 29.6 Å². The summed E-state index contributed by atoms with van der Waals surface area (Å²) in [5.41, 5.74) is 4.68. The van der Waals surface area contributed by atoms with Crippen molar-refractivity contribution in [2.24, 2.45) is 5.92 Å². The van der Waals surface area contributed by atoms with Crippen molar-refractivity contribution in [2.45, 2.75) is 31.2 Å². The Morgan fingerprint density at radius 2 is 1.62 bits per heavy atom. The number of nitrogens with one attached hydrogen (secondary N) is 1. The second-order valence-corrected chi connectivity index (χ2v) is 8.78. The van der Waals surface area contributed by atoms with Gasteiger partial charge in [0, 0.05) is 25.6 Å². The smallest absolute Gasteiger partial charge is 0.407 e. The number of carboxylic acids is 1. The summed E-state index contributed by atoms with van der Waals surface area (Å²) >= 11 is 0. The quantitative estimate of drug-likeness (QED) is 0.521. The number of amides is 2. The lowest BCUT2D eigenvalue weighted by Crippen LogP contribution is -2.47. The molecular formula is C26H30N2O6. The number of ether oxygens (including phenoxy) is 2. The Morgan fingerprint density at radius 1 is 1.00 bits per heavy atom. The molecule has 0 spiro atoms. The van der Waals surface area contributed by atoms with E-state index in [9.17, 15) is 14.4 Å². The minimum Gasteiger partial charge on any atom is -0.481 e. The molecule has 2 N–H and O–H groups in total. The minimum atomic E-state index is -0.802. The molecule has 1 saturated carbocycles. The molecular weight excluding hydrogens is 436 g/mol. The fraction of sp³-hybridized carbons (Fsp3) is 0.423. The van der Waals surface area contributed by atoms with Gasteiger partial charge < -0.3 is 24.8 Å². The van der Waals surface area contributed by atoms with E-state index in [4.69, 9.17) is 14.6 Å². The summed E-state index contributed by atoms with van der Waals surface area (Å²) in [6.07, 6.45) is 0.722. The Labute approximate surface area is 198 Å². The number of hydrogen-bond acceptors (Lipinski definition) is 5. The molecule has 0 heterocycles. The second-order valence-electron chi connectivity index (χ2n) is 8.78. The number of hydrogen-bond donors (Lipinski definition) is 2. The fourth-order valence-electron chi connectivity index (χ4n) is 4.62. The Morgan fingerprint density at radius 3 is 2.24 bits per heavy atom. The van der Waals surface area contributed by atoms with Gasteiger partial charge in [-0.25, -0.2) is 4.79 Å². The molecule has 180 valence electrons. The average molecular weight is 467 g/mol.